The molecule has 9 nitrogen and oxygen atoms in total. The van der Waals surface area contributed by atoms with Crippen molar-refractivity contribution in [3.63, 3.8) is 0 Å². The average Bonchev–Trinajstić information content (AvgIpc) is 2.85. The first-order valence-electron chi connectivity index (χ1n) is 11.2. The molecule has 36 heavy (non-hydrogen) atoms. The van der Waals surface area contributed by atoms with Crippen LogP contribution in [0.4, 0.5) is 41.0 Å². The highest BCUT2D eigenvalue weighted by Gasteiger charge is 2.32. The van der Waals surface area contributed by atoms with Gasteiger partial charge in [0, 0.05) is 62.6 Å². The fourth-order valence-corrected chi connectivity index (χ4v) is 3.63. The van der Waals surface area contributed by atoms with Crippen LogP contribution < -0.4 is 25.6 Å². The van der Waals surface area contributed by atoms with Gasteiger partial charge in [-0.15, -0.1) is 0 Å². The van der Waals surface area contributed by atoms with Gasteiger partial charge in [0.15, 0.2) is 0 Å². The Hall–Kier alpha value is -4.06. The molecule has 190 valence electrons. The molecule has 1 fully saturated rings. The topological polar surface area (TPSA) is 94.6 Å². The first-order chi connectivity index (χ1) is 17.2. The van der Waals surface area contributed by atoms with E-state index in [1.807, 2.05) is 11.9 Å². The number of piperazine rings is 1. The summed E-state index contributed by atoms with van der Waals surface area (Å²) in [4.78, 5) is 24.7. The number of halogens is 3. The fourth-order valence-electron chi connectivity index (χ4n) is 3.63. The van der Waals surface area contributed by atoms with E-state index in [1.165, 1.54) is 0 Å². The van der Waals surface area contributed by atoms with Crippen molar-refractivity contribution in [2.24, 2.45) is 0 Å². The maximum atomic E-state index is 13.5. The smallest absolute Gasteiger partial charge is 0.416 e. The van der Waals surface area contributed by atoms with Crippen molar-refractivity contribution in [1.29, 1.82) is 0 Å². The summed E-state index contributed by atoms with van der Waals surface area (Å²) in [7, 11) is 3.66. The molecule has 12 heteroatoms. The summed E-state index contributed by atoms with van der Waals surface area (Å²) in [6, 6.07) is 11.0. The normalized spacial score (nSPS) is 14.3. The van der Waals surface area contributed by atoms with Crippen molar-refractivity contribution in [1.82, 2.24) is 14.9 Å². The molecule has 2 heterocycles. The molecule has 1 aromatic heterocycles. The third-order valence-corrected chi connectivity index (χ3v) is 5.56. The first kappa shape index (κ1) is 25.0. The van der Waals surface area contributed by atoms with E-state index in [9.17, 15) is 18.0 Å². The van der Waals surface area contributed by atoms with Crippen LogP contribution in [0.3, 0.4) is 0 Å². The van der Waals surface area contributed by atoms with Gasteiger partial charge in [0.05, 0.1) is 5.56 Å². The number of anilines is 4. The van der Waals surface area contributed by atoms with Gasteiger partial charge in [-0.3, -0.25) is 0 Å². The Balaban J connectivity index is 1.42. The number of hydrogen-bond acceptors (Lipinski definition) is 7. The molecule has 0 atom stereocenters. The lowest BCUT2D eigenvalue weighted by atomic mass is 10.1. The molecule has 3 N–H and O–H groups in total. The summed E-state index contributed by atoms with van der Waals surface area (Å²) in [5, 5.41) is 7.95. The molecule has 1 aliphatic rings. The second-order valence-electron chi connectivity index (χ2n) is 8.23. The number of carbonyl (C=O) groups excluding carboxylic acids is 1. The van der Waals surface area contributed by atoms with Gasteiger partial charge >= 0.3 is 12.2 Å². The van der Waals surface area contributed by atoms with Crippen LogP contribution in [0.25, 0.3) is 0 Å². The number of hydrogen-bond donors (Lipinski definition) is 3. The summed E-state index contributed by atoms with van der Waals surface area (Å²) >= 11 is 0. The predicted octanol–water partition coefficient (Wildman–Crippen LogP) is 4.73. The Kier molecular flexibility index (Phi) is 7.44. The van der Waals surface area contributed by atoms with Gasteiger partial charge in [-0.1, -0.05) is 0 Å². The third-order valence-electron chi connectivity index (χ3n) is 5.56. The van der Waals surface area contributed by atoms with Gasteiger partial charge in [-0.2, -0.15) is 18.2 Å². The fraction of sp³-hybridized carbons (Fsp3) is 0.292. The van der Waals surface area contributed by atoms with Crippen LogP contribution in [0.15, 0.2) is 54.7 Å². The van der Waals surface area contributed by atoms with Crippen molar-refractivity contribution in [2.45, 2.75) is 6.18 Å². The van der Waals surface area contributed by atoms with Crippen molar-refractivity contribution in [3.05, 3.63) is 60.3 Å². The highest BCUT2D eigenvalue weighted by atomic mass is 19.4. The van der Waals surface area contributed by atoms with Crippen LogP contribution in [0.2, 0.25) is 0 Å². The molecule has 0 radical (unpaired) electrons. The van der Waals surface area contributed by atoms with Crippen molar-refractivity contribution in [2.75, 3.05) is 61.1 Å². The monoisotopic (exact) mass is 501 g/mol. The second-order valence-corrected chi connectivity index (χ2v) is 8.23. The number of urea groups is 1. The summed E-state index contributed by atoms with van der Waals surface area (Å²) in [6.07, 6.45) is -2.99. The Morgan fingerprint density at radius 1 is 0.972 bits per heavy atom. The minimum atomic E-state index is -4.54. The number of ether oxygens (including phenoxy) is 1. The van der Waals surface area contributed by atoms with Gasteiger partial charge in [0.1, 0.15) is 5.75 Å². The van der Waals surface area contributed by atoms with Crippen LogP contribution >= 0.6 is 0 Å². The highest BCUT2D eigenvalue weighted by molar-refractivity contribution is 6.00. The molecular formula is C24H26F3N7O2. The number of carbonyl (C=O) groups is 1. The number of amides is 2. The molecule has 2 aromatic carbocycles. The molecule has 0 aliphatic carbocycles. The van der Waals surface area contributed by atoms with E-state index in [-0.39, 0.29) is 5.69 Å². The summed E-state index contributed by atoms with van der Waals surface area (Å²) in [5.41, 5.74) is 0.0905. The zero-order valence-corrected chi connectivity index (χ0v) is 19.8. The SMILES string of the molecule is CNc1nccc(Oc2ccc(NC(=O)Nc3cc(N4CCN(C)CC4)cc(C(F)(F)F)c3)cc2)n1. The number of benzene rings is 2. The van der Waals surface area contributed by atoms with E-state index in [4.69, 9.17) is 4.74 Å². The van der Waals surface area contributed by atoms with Gasteiger partial charge < -0.3 is 30.5 Å². The molecule has 4 rings (SSSR count). The first-order valence-corrected chi connectivity index (χ1v) is 11.2. The van der Waals surface area contributed by atoms with E-state index in [0.29, 0.717) is 42.0 Å². The number of alkyl halides is 3. The van der Waals surface area contributed by atoms with Crippen LogP contribution in [0, 0.1) is 0 Å². The molecule has 1 aliphatic heterocycles. The van der Waals surface area contributed by atoms with Gasteiger partial charge in [-0.25, -0.2) is 9.78 Å². The largest absolute Gasteiger partial charge is 0.439 e. The third kappa shape index (κ3) is 6.54. The molecule has 0 spiro atoms. The van der Waals surface area contributed by atoms with E-state index in [0.717, 1.165) is 25.2 Å². The zero-order chi connectivity index (χ0) is 25.7. The van der Waals surface area contributed by atoms with Crippen molar-refractivity contribution in [3.8, 4) is 11.6 Å². The summed E-state index contributed by atoms with van der Waals surface area (Å²) in [5.74, 6) is 1.23. The summed E-state index contributed by atoms with van der Waals surface area (Å²) in [6.45, 7) is 2.69. The van der Waals surface area contributed by atoms with Crippen molar-refractivity contribution < 1.29 is 22.7 Å². The minimum Gasteiger partial charge on any atom is -0.439 e. The minimum absolute atomic E-state index is 0.0558. The number of nitrogens with one attached hydrogen (secondary N) is 3. The Bertz CT molecular complexity index is 1200. The standard InChI is InChI=1S/C24H26F3N7O2/c1-28-22-29-8-7-21(32-22)36-20-5-3-17(4-6-20)30-23(35)31-18-13-16(24(25,26)27)14-19(15-18)34-11-9-33(2)10-12-34/h3-8,13-15H,9-12H2,1-2H3,(H,28,29,32)(H2,30,31,35). The van der Waals surface area contributed by atoms with Crippen LogP contribution in [-0.2, 0) is 6.18 Å². The molecule has 3 aromatic rings. The number of rotatable bonds is 6. The summed E-state index contributed by atoms with van der Waals surface area (Å²) < 4.78 is 46.2. The maximum Gasteiger partial charge on any atom is 0.416 e. The quantitative estimate of drug-likeness (QED) is 0.450. The van der Waals surface area contributed by atoms with Crippen LogP contribution in [0.5, 0.6) is 11.6 Å². The van der Waals surface area contributed by atoms with Crippen LogP contribution in [-0.4, -0.2) is 61.2 Å². The van der Waals surface area contributed by atoms with E-state index < -0.39 is 17.8 Å². The Morgan fingerprint density at radius 3 is 2.33 bits per heavy atom. The molecule has 1 saturated heterocycles. The molecule has 0 unspecified atom stereocenters. The number of aromatic nitrogens is 2. The average molecular weight is 502 g/mol. The molecule has 2 amide bonds. The van der Waals surface area contributed by atoms with Crippen molar-refractivity contribution >= 4 is 29.0 Å². The highest BCUT2D eigenvalue weighted by Crippen LogP contribution is 2.35. The second kappa shape index (κ2) is 10.7. The Morgan fingerprint density at radius 2 is 1.67 bits per heavy atom. The lowest BCUT2D eigenvalue weighted by Gasteiger charge is -2.34. The molecule has 0 bridgehead atoms. The van der Waals surface area contributed by atoms with E-state index in [1.54, 1.807) is 49.6 Å². The van der Waals surface area contributed by atoms with Gasteiger partial charge in [0.2, 0.25) is 11.8 Å². The molecule has 0 saturated carbocycles. The number of nitrogens with zero attached hydrogens (tertiary/aromatic N) is 4. The van der Waals surface area contributed by atoms with Gasteiger partial charge in [-0.05, 0) is 49.5 Å². The van der Waals surface area contributed by atoms with Crippen LogP contribution in [0.1, 0.15) is 5.56 Å². The van der Waals surface area contributed by atoms with E-state index >= 15 is 0 Å². The van der Waals surface area contributed by atoms with E-state index in [2.05, 4.69) is 30.8 Å². The lowest BCUT2D eigenvalue weighted by Crippen LogP contribution is -2.44. The zero-order valence-electron chi connectivity index (χ0n) is 19.8. The maximum absolute atomic E-state index is 13.5. The number of likely N-dealkylation sites (N-methyl/N-ethyl adjacent to an activating group) is 1. The lowest BCUT2D eigenvalue weighted by molar-refractivity contribution is -0.137. The Labute approximate surface area is 206 Å². The predicted molar refractivity (Wildman–Crippen MR) is 132 cm³/mol. The molecular weight excluding hydrogens is 475 g/mol. The van der Waals surface area contributed by atoms with Gasteiger partial charge in [0.25, 0.3) is 0 Å².